The lowest BCUT2D eigenvalue weighted by molar-refractivity contribution is -0.139. The van der Waals surface area contributed by atoms with Gasteiger partial charge in [0.15, 0.2) is 0 Å². The molecule has 1 aliphatic heterocycles. The standard InChI is InChI=1S/C31H29BrCl2N4O3S/c1-3-4-15-40-29(39)27-19(2)35-30-36-31(42-18-21-10-6-8-12-25(21)34)37-38(30)28(27)23-16-22(32)13-14-26(23)41-17-20-9-5-7-11-24(20)33/h5-14,16,28H,3-4,15,17-18H2,1-2H3,(H,35,36,37). The molecule has 42 heavy (non-hydrogen) atoms. The molecule has 0 fully saturated rings. The van der Waals surface area contributed by atoms with Gasteiger partial charge < -0.3 is 14.8 Å². The lowest BCUT2D eigenvalue weighted by atomic mass is 9.95. The molecule has 1 aromatic heterocycles. The Morgan fingerprint density at radius 2 is 1.79 bits per heavy atom. The van der Waals surface area contributed by atoms with Crippen LogP contribution in [-0.4, -0.2) is 27.3 Å². The van der Waals surface area contributed by atoms with Crippen molar-refractivity contribution in [2.24, 2.45) is 0 Å². The molecule has 218 valence electrons. The number of esters is 1. The van der Waals surface area contributed by atoms with Crippen molar-refractivity contribution in [3.05, 3.63) is 109 Å². The molecule has 1 N–H and O–H groups in total. The summed E-state index contributed by atoms with van der Waals surface area (Å²) in [6.45, 7) is 4.48. The smallest absolute Gasteiger partial charge is 0.338 e. The van der Waals surface area contributed by atoms with Gasteiger partial charge in [0.05, 0.1) is 12.2 Å². The van der Waals surface area contributed by atoms with Gasteiger partial charge in [-0.2, -0.15) is 4.98 Å². The average molecular weight is 688 g/mol. The number of nitrogens with one attached hydrogen (secondary N) is 1. The van der Waals surface area contributed by atoms with E-state index in [0.717, 1.165) is 34.0 Å². The fourth-order valence-electron chi connectivity index (χ4n) is 4.52. The van der Waals surface area contributed by atoms with E-state index in [-0.39, 0.29) is 6.61 Å². The van der Waals surface area contributed by atoms with Gasteiger partial charge in [-0.1, -0.05) is 101 Å². The SMILES string of the molecule is CCCCOC(=O)C1=C(C)Nc2nc(SCc3ccccc3Cl)nn2C1c1cc(Br)ccc1OCc1ccccc1Cl. The molecule has 0 bridgehead atoms. The summed E-state index contributed by atoms with van der Waals surface area (Å²) in [4.78, 5) is 18.3. The summed E-state index contributed by atoms with van der Waals surface area (Å²) in [5, 5.41) is 9.97. The largest absolute Gasteiger partial charge is 0.488 e. The van der Waals surface area contributed by atoms with Crippen LogP contribution in [0.5, 0.6) is 5.75 Å². The zero-order valence-electron chi connectivity index (χ0n) is 23.1. The number of unbranched alkanes of at least 4 members (excludes halogenated alkanes) is 1. The predicted molar refractivity (Wildman–Crippen MR) is 171 cm³/mol. The first-order valence-corrected chi connectivity index (χ1v) is 16.0. The number of fused-ring (bicyclic) bond motifs is 1. The van der Waals surface area contributed by atoms with Gasteiger partial charge in [0.25, 0.3) is 0 Å². The highest BCUT2D eigenvalue weighted by atomic mass is 79.9. The maximum atomic E-state index is 13.6. The Hall–Kier alpha value is -2.98. The normalized spacial score (nSPS) is 14.4. The number of anilines is 1. The highest BCUT2D eigenvalue weighted by molar-refractivity contribution is 9.10. The second-order valence-corrected chi connectivity index (χ2v) is 12.3. The number of nitrogens with zero attached hydrogens (tertiary/aromatic N) is 3. The summed E-state index contributed by atoms with van der Waals surface area (Å²) in [6, 6.07) is 20.3. The fraction of sp³-hybridized carbons (Fsp3) is 0.258. The Morgan fingerprint density at radius 1 is 1.07 bits per heavy atom. The number of thioether (sulfide) groups is 1. The van der Waals surface area contributed by atoms with Crippen molar-refractivity contribution in [3.8, 4) is 5.75 Å². The summed E-state index contributed by atoms with van der Waals surface area (Å²) in [5.41, 5.74) is 3.64. The first-order chi connectivity index (χ1) is 20.4. The van der Waals surface area contributed by atoms with Crippen LogP contribution in [0.2, 0.25) is 10.0 Å². The highest BCUT2D eigenvalue weighted by Gasteiger charge is 2.37. The molecule has 3 aromatic carbocycles. The van der Waals surface area contributed by atoms with Crippen LogP contribution < -0.4 is 10.1 Å². The van der Waals surface area contributed by atoms with Gasteiger partial charge in [-0.25, -0.2) is 9.48 Å². The summed E-state index contributed by atoms with van der Waals surface area (Å²) in [5.74, 6) is 1.28. The molecular weight excluding hydrogens is 659 g/mol. The van der Waals surface area contributed by atoms with Crippen LogP contribution >= 0.6 is 50.9 Å². The first-order valence-electron chi connectivity index (χ1n) is 13.5. The molecule has 4 aromatic rings. The third-order valence-corrected chi connectivity index (χ3v) is 8.82. The number of hydrogen-bond acceptors (Lipinski definition) is 7. The number of rotatable bonds is 11. The van der Waals surface area contributed by atoms with Gasteiger partial charge in [0.2, 0.25) is 11.1 Å². The number of carbonyl (C=O) groups is 1. The third kappa shape index (κ3) is 6.97. The van der Waals surface area contributed by atoms with E-state index in [1.807, 2.05) is 73.7 Å². The molecule has 2 heterocycles. The van der Waals surface area contributed by atoms with E-state index in [4.69, 9.17) is 42.8 Å². The molecule has 11 heteroatoms. The van der Waals surface area contributed by atoms with Crippen molar-refractivity contribution in [1.82, 2.24) is 14.8 Å². The van der Waals surface area contributed by atoms with E-state index in [2.05, 4.69) is 28.2 Å². The summed E-state index contributed by atoms with van der Waals surface area (Å²) >= 11 is 17.9. The van der Waals surface area contributed by atoms with Gasteiger partial charge in [0.1, 0.15) is 18.4 Å². The Kier molecular flexibility index (Phi) is 10.2. The van der Waals surface area contributed by atoms with Gasteiger partial charge in [-0.05, 0) is 49.2 Å². The van der Waals surface area contributed by atoms with Crippen LogP contribution in [0.1, 0.15) is 49.4 Å². The Balaban J connectivity index is 1.53. The molecule has 0 spiro atoms. The van der Waals surface area contributed by atoms with E-state index in [1.165, 1.54) is 11.8 Å². The van der Waals surface area contributed by atoms with Gasteiger partial charge >= 0.3 is 5.97 Å². The number of aromatic nitrogens is 3. The molecule has 1 aliphatic rings. The minimum Gasteiger partial charge on any atom is -0.488 e. The van der Waals surface area contributed by atoms with Crippen LogP contribution in [0.15, 0.2) is 87.6 Å². The van der Waals surface area contributed by atoms with Crippen molar-refractivity contribution in [3.63, 3.8) is 0 Å². The molecule has 0 amide bonds. The van der Waals surface area contributed by atoms with Gasteiger partial charge in [-0.3, -0.25) is 0 Å². The molecular formula is C31H29BrCl2N4O3S. The molecule has 5 rings (SSSR count). The maximum absolute atomic E-state index is 13.6. The Bertz CT molecular complexity index is 1630. The van der Waals surface area contributed by atoms with Crippen molar-refractivity contribution < 1.29 is 14.3 Å². The Morgan fingerprint density at radius 3 is 2.50 bits per heavy atom. The Labute approximate surface area is 267 Å². The van der Waals surface area contributed by atoms with Crippen LogP contribution in [0.3, 0.4) is 0 Å². The predicted octanol–water partition coefficient (Wildman–Crippen LogP) is 8.85. The molecule has 0 saturated carbocycles. The summed E-state index contributed by atoms with van der Waals surface area (Å²) < 4.78 is 14.6. The molecule has 7 nitrogen and oxygen atoms in total. The quantitative estimate of drug-likeness (QED) is 0.0959. The lowest BCUT2D eigenvalue weighted by Gasteiger charge is -2.29. The van der Waals surface area contributed by atoms with Crippen LogP contribution in [0, 0.1) is 0 Å². The van der Waals surface area contributed by atoms with E-state index >= 15 is 0 Å². The zero-order chi connectivity index (χ0) is 29.6. The average Bonchev–Trinajstić information content (AvgIpc) is 3.38. The molecule has 0 saturated heterocycles. The second-order valence-electron chi connectivity index (χ2n) is 9.66. The third-order valence-electron chi connectivity index (χ3n) is 6.71. The summed E-state index contributed by atoms with van der Waals surface area (Å²) in [6.07, 6.45) is 1.69. The van der Waals surface area contributed by atoms with Crippen molar-refractivity contribution in [2.75, 3.05) is 11.9 Å². The van der Waals surface area contributed by atoms with E-state index in [0.29, 0.717) is 50.5 Å². The van der Waals surface area contributed by atoms with Gasteiger partial charge in [-0.15, -0.1) is 5.10 Å². The number of carbonyl (C=O) groups excluding carboxylic acids is 1. The molecule has 1 unspecified atom stereocenters. The zero-order valence-corrected chi connectivity index (χ0v) is 27.0. The number of hydrogen-bond donors (Lipinski definition) is 1. The topological polar surface area (TPSA) is 78.3 Å². The highest BCUT2D eigenvalue weighted by Crippen LogP contribution is 2.42. The number of halogens is 3. The van der Waals surface area contributed by atoms with Crippen molar-refractivity contribution in [2.45, 2.75) is 50.2 Å². The minimum absolute atomic E-state index is 0.251. The minimum atomic E-state index is -0.656. The molecule has 0 aliphatic carbocycles. The van der Waals surface area contributed by atoms with Crippen molar-refractivity contribution in [1.29, 1.82) is 0 Å². The number of ether oxygens (including phenoxy) is 2. The second kappa shape index (κ2) is 14.0. The van der Waals surface area contributed by atoms with Crippen LogP contribution in [0.4, 0.5) is 5.95 Å². The van der Waals surface area contributed by atoms with E-state index in [1.54, 1.807) is 4.68 Å². The van der Waals surface area contributed by atoms with Crippen molar-refractivity contribution >= 4 is 62.8 Å². The first kappa shape index (κ1) is 30.5. The van der Waals surface area contributed by atoms with E-state index < -0.39 is 12.0 Å². The number of benzene rings is 3. The van der Waals surface area contributed by atoms with Crippen LogP contribution in [0.25, 0.3) is 0 Å². The lowest BCUT2D eigenvalue weighted by Crippen LogP contribution is -2.30. The van der Waals surface area contributed by atoms with Crippen LogP contribution in [-0.2, 0) is 21.9 Å². The maximum Gasteiger partial charge on any atom is 0.338 e. The number of allylic oxidation sites excluding steroid dienone is 1. The fourth-order valence-corrected chi connectivity index (χ4v) is 6.21. The monoisotopic (exact) mass is 686 g/mol. The van der Waals surface area contributed by atoms with E-state index in [9.17, 15) is 4.79 Å². The van der Waals surface area contributed by atoms with Gasteiger partial charge in [0, 0.05) is 37.1 Å². The molecule has 1 atom stereocenters. The summed E-state index contributed by atoms with van der Waals surface area (Å²) in [7, 11) is 0. The molecule has 0 radical (unpaired) electrons.